The van der Waals surface area contributed by atoms with Crippen molar-refractivity contribution < 1.29 is 41.6 Å². The molecule has 8 heteroatoms. The van der Waals surface area contributed by atoms with Gasteiger partial charge in [-0.1, -0.05) is 59.5 Å². The number of aryl methyl sites for hydroxylation is 1. The van der Waals surface area contributed by atoms with E-state index in [4.69, 9.17) is 9.90 Å². The summed E-state index contributed by atoms with van der Waals surface area (Å²) in [7, 11) is 0. The van der Waals surface area contributed by atoms with Crippen LogP contribution in [0.3, 0.4) is 0 Å². The minimum absolute atomic E-state index is 0. The summed E-state index contributed by atoms with van der Waals surface area (Å²) in [4.78, 5) is 17.9. The van der Waals surface area contributed by atoms with Crippen molar-refractivity contribution in [2.75, 3.05) is 0 Å². The molecule has 2 heterocycles. The van der Waals surface area contributed by atoms with Gasteiger partial charge in [0.15, 0.2) is 0 Å². The summed E-state index contributed by atoms with van der Waals surface area (Å²) in [5.41, 5.74) is 3.60. The summed E-state index contributed by atoms with van der Waals surface area (Å²) in [6.07, 6.45) is 0. The number of aromatic nitrogens is 2. The molecule has 0 atom stereocenters. The van der Waals surface area contributed by atoms with Crippen molar-refractivity contribution in [2.45, 2.75) is 13.8 Å². The van der Waals surface area contributed by atoms with Crippen LogP contribution in [0.5, 0.6) is 11.5 Å². The minimum atomic E-state index is -1.08. The molecule has 0 saturated heterocycles. The third-order valence-electron chi connectivity index (χ3n) is 4.42. The first-order valence-electron chi connectivity index (χ1n) is 9.62. The van der Waals surface area contributed by atoms with Gasteiger partial charge in [0.2, 0.25) is 0 Å². The molecule has 0 aliphatic rings. The molecule has 0 fully saturated rings. The fourth-order valence-electron chi connectivity index (χ4n) is 3.01. The van der Waals surface area contributed by atoms with Gasteiger partial charge in [-0.05, 0) is 55.3 Å². The maximum Gasteiger partial charge on any atom is 3.00 e. The number of nitrogens with zero attached hydrogens (tertiary/aromatic N) is 2. The molecule has 166 valence electrons. The SMILES string of the molecule is CC(=O)[O-].Cc1ccc(-c2cccc(-c3cccc(-c4cccc(F)c4[O-])n3)n2)c([O-])c1.[Mn+3]. The van der Waals surface area contributed by atoms with Crippen LogP contribution >= 0.6 is 0 Å². The van der Waals surface area contributed by atoms with Gasteiger partial charge in [0, 0.05) is 5.97 Å². The van der Waals surface area contributed by atoms with Crippen LogP contribution in [-0.4, -0.2) is 15.9 Å². The Balaban J connectivity index is 0.000000714. The van der Waals surface area contributed by atoms with Crippen molar-refractivity contribution in [1.82, 2.24) is 9.97 Å². The van der Waals surface area contributed by atoms with E-state index in [1.54, 1.807) is 48.5 Å². The number of carbonyl (C=O) groups excluding carboxylic acids is 1. The van der Waals surface area contributed by atoms with Gasteiger partial charge in [-0.15, -0.1) is 0 Å². The molecule has 4 rings (SSSR count). The number of benzene rings is 2. The molecule has 2 aromatic heterocycles. The van der Waals surface area contributed by atoms with E-state index in [1.807, 2.05) is 13.0 Å². The zero-order valence-electron chi connectivity index (χ0n) is 17.7. The van der Waals surface area contributed by atoms with Gasteiger partial charge in [0.1, 0.15) is 5.82 Å². The van der Waals surface area contributed by atoms with Crippen LogP contribution in [0.25, 0.3) is 33.9 Å². The monoisotopic (exact) mass is 484 g/mol. The second-order valence-corrected chi connectivity index (χ2v) is 6.92. The zero-order valence-corrected chi connectivity index (χ0v) is 18.9. The number of hydrogen-bond donors (Lipinski definition) is 0. The molecule has 4 aromatic rings. The zero-order chi connectivity index (χ0) is 23.3. The first-order valence-corrected chi connectivity index (χ1v) is 9.62. The van der Waals surface area contributed by atoms with Gasteiger partial charge in [0.05, 0.1) is 22.8 Å². The van der Waals surface area contributed by atoms with Gasteiger partial charge in [-0.25, -0.2) is 14.4 Å². The quantitative estimate of drug-likeness (QED) is 0.414. The smallest absolute Gasteiger partial charge is 0.872 e. The molecule has 0 spiro atoms. The maximum atomic E-state index is 13.6. The number of rotatable bonds is 3. The van der Waals surface area contributed by atoms with E-state index in [-0.39, 0.29) is 28.4 Å². The first-order chi connectivity index (χ1) is 15.3. The molecule has 6 nitrogen and oxygen atoms in total. The standard InChI is InChI=1S/C23H17FN2O2.C2H4O2.Mn/c1-14-11-12-15(22(27)13-14)18-7-3-9-20(25-18)21-10-4-8-19(26-21)16-5-2-6-17(24)23(16)28;1-2(3)4;/h2-13,27-28H,1H3;1H3,(H,3,4);/q;;+3/p-3. The van der Waals surface area contributed by atoms with Crippen molar-refractivity contribution in [3.8, 4) is 45.4 Å². The molecule has 0 bridgehead atoms. The van der Waals surface area contributed by atoms with Gasteiger partial charge < -0.3 is 20.1 Å². The molecule has 0 aliphatic carbocycles. The Morgan fingerprint density at radius 1 is 0.788 bits per heavy atom. The Morgan fingerprint density at radius 3 is 1.82 bits per heavy atom. The van der Waals surface area contributed by atoms with E-state index >= 15 is 0 Å². The predicted molar refractivity (Wildman–Crippen MR) is 113 cm³/mol. The summed E-state index contributed by atoms with van der Waals surface area (Å²) < 4.78 is 13.6. The topological polar surface area (TPSA) is 112 Å². The van der Waals surface area contributed by atoms with Gasteiger partial charge in [-0.3, -0.25) is 0 Å². The normalized spacial score (nSPS) is 9.91. The Hall–Kier alpha value is -3.74. The number of carboxylic acids is 1. The third-order valence-corrected chi connectivity index (χ3v) is 4.42. The second-order valence-electron chi connectivity index (χ2n) is 6.92. The van der Waals surface area contributed by atoms with Crippen molar-refractivity contribution in [3.05, 3.63) is 84.2 Å². The number of halogens is 1. The number of aliphatic carboxylic acids is 1. The number of pyridine rings is 2. The van der Waals surface area contributed by atoms with Crippen LogP contribution in [0.15, 0.2) is 72.8 Å². The van der Waals surface area contributed by atoms with E-state index in [2.05, 4.69) is 9.97 Å². The molecular weight excluding hydrogens is 466 g/mol. The van der Waals surface area contributed by atoms with E-state index in [0.717, 1.165) is 18.6 Å². The van der Waals surface area contributed by atoms with Crippen LogP contribution in [0.4, 0.5) is 4.39 Å². The molecule has 0 amide bonds. The van der Waals surface area contributed by atoms with Crippen molar-refractivity contribution >= 4 is 5.97 Å². The Kier molecular flexibility index (Phi) is 8.68. The van der Waals surface area contributed by atoms with Gasteiger partial charge in [0.25, 0.3) is 0 Å². The first kappa shape index (κ1) is 25.5. The van der Waals surface area contributed by atoms with Crippen LogP contribution in [0.1, 0.15) is 12.5 Å². The number of para-hydroxylation sites is 1. The molecule has 0 saturated carbocycles. The molecule has 0 radical (unpaired) electrons. The van der Waals surface area contributed by atoms with Crippen molar-refractivity contribution in [2.24, 2.45) is 0 Å². The number of carboxylic acid groups (broad SMARTS) is 1. The van der Waals surface area contributed by atoms with E-state index < -0.39 is 17.5 Å². The minimum Gasteiger partial charge on any atom is -0.872 e. The van der Waals surface area contributed by atoms with Crippen molar-refractivity contribution in [3.63, 3.8) is 0 Å². The molecule has 0 aliphatic heterocycles. The second kappa shape index (κ2) is 11.2. The van der Waals surface area contributed by atoms with Crippen LogP contribution in [0, 0.1) is 12.7 Å². The number of hydrogen-bond acceptors (Lipinski definition) is 6. The largest absolute Gasteiger partial charge is 3.00 e. The molecule has 0 N–H and O–H groups in total. The summed E-state index contributed by atoms with van der Waals surface area (Å²) >= 11 is 0. The Bertz CT molecular complexity index is 1280. The van der Waals surface area contributed by atoms with Crippen LogP contribution < -0.4 is 15.3 Å². The van der Waals surface area contributed by atoms with E-state index in [9.17, 15) is 14.6 Å². The van der Waals surface area contributed by atoms with E-state index in [1.165, 1.54) is 12.1 Å². The van der Waals surface area contributed by atoms with Crippen LogP contribution in [0.2, 0.25) is 0 Å². The average Bonchev–Trinajstić information content (AvgIpc) is 2.75. The van der Waals surface area contributed by atoms with Gasteiger partial charge in [-0.2, -0.15) is 0 Å². The summed E-state index contributed by atoms with van der Waals surface area (Å²) in [5, 5.41) is 33.2. The van der Waals surface area contributed by atoms with Crippen LogP contribution in [-0.2, 0) is 21.9 Å². The summed E-state index contributed by atoms with van der Waals surface area (Å²) in [6.45, 7) is 2.83. The number of carbonyl (C=O) groups is 1. The van der Waals surface area contributed by atoms with Gasteiger partial charge >= 0.3 is 17.1 Å². The fraction of sp³-hybridized carbons (Fsp3) is 0.0800. The Morgan fingerprint density at radius 2 is 1.27 bits per heavy atom. The summed E-state index contributed by atoms with van der Waals surface area (Å²) in [6, 6.07) is 19.8. The molecular formula is C25H18FMnN2O4. The average molecular weight is 484 g/mol. The molecule has 33 heavy (non-hydrogen) atoms. The maximum absolute atomic E-state index is 13.6. The predicted octanol–water partition coefficient (Wildman–Crippen LogP) is 2.83. The van der Waals surface area contributed by atoms with Crippen molar-refractivity contribution in [1.29, 1.82) is 0 Å². The third kappa shape index (κ3) is 6.38. The Labute approximate surface area is 200 Å². The fourth-order valence-corrected chi connectivity index (χ4v) is 3.01. The summed E-state index contributed by atoms with van der Waals surface area (Å²) in [5.74, 6) is -2.68. The molecule has 0 unspecified atom stereocenters. The van der Waals surface area contributed by atoms with E-state index in [0.29, 0.717) is 28.3 Å². The molecule has 2 aromatic carbocycles.